The molecule has 1 aromatic carbocycles. The van der Waals surface area contributed by atoms with E-state index in [0.717, 1.165) is 23.2 Å². The Bertz CT molecular complexity index is 894. The second kappa shape index (κ2) is 6.41. The number of allylic oxidation sites excluding steroid dienone is 4. The van der Waals surface area contributed by atoms with Crippen LogP contribution in [0.25, 0.3) is 11.0 Å². The van der Waals surface area contributed by atoms with Crippen molar-refractivity contribution >= 4 is 22.6 Å². The number of hydrogen-bond acceptors (Lipinski definition) is 3. The van der Waals surface area contributed by atoms with Crippen LogP contribution in [0.15, 0.2) is 41.2 Å². The monoisotopic (exact) mass is 373 g/mol. The molecule has 0 fully saturated rings. The van der Waals surface area contributed by atoms with Gasteiger partial charge in [0.25, 0.3) is 0 Å². The minimum absolute atomic E-state index is 0.0314. The van der Waals surface area contributed by atoms with Crippen molar-refractivity contribution < 1.29 is 4.74 Å². The summed E-state index contributed by atoms with van der Waals surface area (Å²) in [6.45, 7) is 13.4. The zero-order chi connectivity index (χ0) is 19.3. The standard InChI is InChI=1S/C21H28ClN3O/c1-20(2,3)13-10-15(21(4,5)6)19(26-7)18(11-13)25-23-16-9-8-14(22)12-17(16)24-25/h8-10,12,18H,11H2,1-7H3. The molecule has 1 aliphatic carbocycles. The molecule has 5 heteroatoms. The van der Waals surface area contributed by atoms with E-state index in [4.69, 9.17) is 26.5 Å². The van der Waals surface area contributed by atoms with Gasteiger partial charge in [0.05, 0.1) is 7.11 Å². The summed E-state index contributed by atoms with van der Waals surface area (Å²) >= 11 is 6.12. The smallest absolute Gasteiger partial charge is 0.133 e. The molecule has 4 nitrogen and oxygen atoms in total. The van der Waals surface area contributed by atoms with E-state index in [0.29, 0.717) is 5.02 Å². The first kappa shape index (κ1) is 19.0. The summed E-state index contributed by atoms with van der Waals surface area (Å²) < 4.78 is 5.89. The lowest BCUT2D eigenvalue weighted by Gasteiger charge is -2.36. The van der Waals surface area contributed by atoms with E-state index in [2.05, 4.69) is 47.6 Å². The maximum Gasteiger partial charge on any atom is 0.133 e. The Hall–Kier alpha value is -1.81. The van der Waals surface area contributed by atoms with Crippen molar-refractivity contribution in [1.29, 1.82) is 0 Å². The highest BCUT2D eigenvalue weighted by molar-refractivity contribution is 6.31. The van der Waals surface area contributed by atoms with Crippen molar-refractivity contribution in [3.8, 4) is 0 Å². The van der Waals surface area contributed by atoms with Gasteiger partial charge in [0.1, 0.15) is 22.8 Å². The molecule has 26 heavy (non-hydrogen) atoms. The fourth-order valence-corrected chi connectivity index (χ4v) is 3.54. The molecule has 1 aliphatic rings. The molecule has 0 N–H and O–H groups in total. The Balaban J connectivity index is 2.17. The summed E-state index contributed by atoms with van der Waals surface area (Å²) in [5.74, 6) is 0.942. The molecule has 140 valence electrons. The molecule has 1 unspecified atom stereocenters. The third kappa shape index (κ3) is 3.52. The lowest BCUT2D eigenvalue weighted by molar-refractivity contribution is 0.205. The molecule has 3 rings (SSSR count). The van der Waals surface area contributed by atoms with E-state index >= 15 is 0 Å². The third-order valence-electron chi connectivity index (χ3n) is 4.93. The van der Waals surface area contributed by atoms with Gasteiger partial charge in [-0.05, 0) is 34.6 Å². The SMILES string of the molecule is COC1=C(C(C)(C)C)C=C(C(C)(C)C)CC1n1nc2ccc(Cl)cc2n1. The minimum atomic E-state index is -0.0559. The van der Waals surface area contributed by atoms with Gasteiger partial charge in [-0.1, -0.05) is 64.8 Å². The van der Waals surface area contributed by atoms with E-state index in [-0.39, 0.29) is 16.9 Å². The van der Waals surface area contributed by atoms with E-state index in [1.54, 1.807) is 11.9 Å². The van der Waals surface area contributed by atoms with E-state index in [9.17, 15) is 0 Å². The molecule has 2 aromatic rings. The average molecular weight is 374 g/mol. The van der Waals surface area contributed by atoms with Crippen molar-refractivity contribution in [3.63, 3.8) is 0 Å². The Morgan fingerprint density at radius 2 is 1.69 bits per heavy atom. The van der Waals surface area contributed by atoms with E-state index in [1.807, 2.05) is 18.2 Å². The topological polar surface area (TPSA) is 39.9 Å². The fraction of sp³-hybridized carbons (Fsp3) is 0.524. The summed E-state index contributed by atoms with van der Waals surface area (Å²) in [6.07, 6.45) is 3.15. The van der Waals surface area contributed by atoms with Crippen molar-refractivity contribution in [1.82, 2.24) is 15.0 Å². The molecule has 1 heterocycles. The van der Waals surface area contributed by atoms with Crippen molar-refractivity contribution in [2.75, 3.05) is 7.11 Å². The lowest BCUT2D eigenvalue weighted by Crippen LogP contribution is -2.28. The summed E-state index contributed by atoms with van der Waals surface area (Å²) in [6, 6.07) is 5.55. The second-order valence-electron chi connectivity index (χ2n) is 9.02. The van der Waals surface area contributed by atoms with Gasteiger partial charge in [0.15, 0.2) is 0 Å². The highest BCUT2D eigenvalue weighted by Crippen LogP contribution is 2.45. The van der Waals surface area contributed by atoms with Gasteiger partial charge in [-0.2, -0.15) is 15.0 Å². The van der Waals surface area contributed by atoms with Gasteiger partial charge in [-0.15, -0.1) is 0 Å². The van der Waals surface area contributed by atoms with Crippen LogP contribution >= 0.6 is 11.6 Å². The average Bonchev–Trinajstić information content (AvgIpc) is 2.94. The van der Waals surface area contributed by atoms with Gasteiger partial charge in [-0.25, -0.2) is 0 Å². The van der Waals surface area contributed by atoms with Gasteiger partial charge >= 0.3 is 0 Å². The highest BCUT2D eigenvalue weighted by atomic mass is 35.5. The zero-order valence-corrected chi connectivity index (χ0v) is 17.5. The normalized spacial score (nSPS) is 19.1. The van der Waals surface area contributed by atoms with Crippen LogP contribution in [-0.2, 0) is 4.74 Å². The molecule has 0 spiro atoms. The Morgan fingerprint density at radius 1 is 1.04 bits per heavy atom. The summed E-state index contributed by atoms with van der Waals surface area (Å²) in [5, 5.41) is 10.1. The molecule has 0 saturated heterocycles. The van der Waals surface area contributed by atoms with Crippen molar-refractivity contribution in [2.24, 2.45) is 10.8 Å². The molecule has 0 aliphatic heterocycles. The number of ether oxygens (including phenoxy) is 1. The van der Waals surface area contributed by atoms with Crippen LogP contribution in [0.5, 0.6) is 0 Å². The Kier molecular flexibility index (Phi) is 4.68. The molecular weight excluding hydrogens is 346 g/mol. The maximum atomic E-state index is 6.12. The molecule has 0 saturated carbocycles. The van der Waals surface area contributed by atoms with Crippen LogP contribution in [-0.4, -0.2) is 22.1 Å². The summed E-state index contributed by atoms with van der Waals surface area (Å²) in [5.41, 5.74) is 4.28. The molecule has 1 aromatic heterocycles. The fourth-order valence-electron chi connectivity index (χ4n) is 3.37. The Morgan fingerprint density at radius 3 is 2.27 bits per heavy atom. The van der Waals surface area contributed by atoms with Crippen LogP contribution in [0.3, 0.4) is 0 Å². The first-order valence-electron chi connectivity index (χ1n) is 9.02. The lowest BCUT2D eigenvalue weighted by atomic mass is 9.73. The Labute approximate surface area is 160 Å². The van der Waals surface area contributed by atoms with Gasteiger partial charge < -0.3 is 4.74 Å². The van der Waals surface area contributed by atoms with E-state index in [1.165, 1.54) is 11.1 Å². The van der Waals surface area contributed by atoms with Crippen LogP contribution in [0, 0.1) is 10.8 Å². The largest absolute Gasteiger partial charge is 0.498 e. The molecule has 1 atom stereocenters. The molecule has 0 radical (unpaired) electrons. The van der Waals surface area contributed by atoms with Gasteiger partial charge in [-0.3, -0.25) is 0 Å². The first-order valence-corrected chi connectivity index (χ1v) is 9.40. The van der Waals surface area contributed by atoms with Crippen molar-refractivity contribution in [3.05, 3.63) is 46.2 Å². The maximum absolute atomic E-state index is 6.12. The predicted octanol–water partition coefficient (Wildman–Crippen LogP) is 5.95. The number of aromatic nitrogens is 3. The quantitative estimate of drug-likeness (QED) is 0.653. The number of fused-ring (bicyclic) bond motifs is 1. The second-order valence-corrected chi connectivity index (χ2v) is 9.46. The number of rotatable bonds is 2. The van der Waals surface area contributed by atoms with Crippen LogP contribution < -0.4 is 0 Å². The number of benzene rings is 1. The highest BCUT2D eigenvalue weighted by Gasteiger charge is 2.35. The summed E-state index contributed by atoms with van der Waals surface area (Å²) in [4.78, 5) is 1.80. The van der Waals surface area contributed by atoms with Gasteiger partial charge in [0.2, 0.25) is 0 Å². The third-order valence-corrected chi connectivity index (χ3v) is 5.16. The number of nitrogens with zero attached hydrogens (tertiary/aromatic N) is 3. The number of halogens is 1. The van der Waals surface area contributed by atoms with E-state index < -0.39 is 0 Å². The first-order chi connectivity index (χ1) is 12.0. The van der Waals surface area contributed by atoms with Crippen LogP contribution in [0.1, 0.15) is 54.0 Å². The minimum Gasteiger partial charge on any atom is -0.498 e. The summed E-state index contributed by atoms with van der Waals surface area (Å²) in [7, 11) is 1.74. The van der Waals surface area contributed by atoms with Crippen LogP contribution in [0.2, 0.25) is 5.02 Å². The molecule has 0 bridgehead atoms. The van der Waals surface area contributed by atoms with Crippen molar-refractivity contribution in [2.45, 2.75) is 54.0 Å². The molecule has 0 amide bonds. The number of methoxy groups -OCH3 is 1. The number of hydrogen-bond donors (Lipinski definition) is 0. The van der Waals surface area contributed by atoms with Gasteiger partial charge in [0, 0.05) is 11.4 Å². The zero-order valence-electron chi connectivity index (χ0n) is 16.7. The predicted molar refractivity (Wildman–Crippen MR) is 107 cm³/mol. The van der Waals surface area contributed by atoms with Crippen LogP contribution in [0.4, 0.5) is 0 Å². The molecular formula is C21H28ClN3O.